The van der Waals surface area contributed by atoms with Gasteiger partial charge in [0, 0.05) is 18.0 Å². The van der Waals surface area contributed by atoms with Gasteiger partial charge in [-0.25, -0.2) is 4.79 Å². The lowest BCUT2D eigenvalue weighted by molar-refractivity contribution is -0.000595. The second-order valence-corrected chi connectivity index (χ2v) is 6.75. The van der Waals surface area contributed by atoms with Gasteiger partial charge in [0.1, 0.15) is 5.60 Å². The Balaban J connectivity index is 2.06. The Morgan fingerprint density at radius 2 is 2.06 bits per heavy atom. The van der Waals surface area contributed by atoms with Crippen molar-refractivity contribution in [3.8, 4) is 0 Å². The smallest absolute Gasteiger partial charge is 0.410 e. The van der Waals surface area contributed by atoms with Crippen molar-refractivity contribution < 1.29 is 9.53 Å². The lowest BCUT2D eigenvalue weighted by Crippen LogP contribution is -2.51. The number of ether oxygens (including phenoxy) is 1. The lowest BCUT2D eigenvalue weighted by Gasteiger charge is -2.41. The number of carbonyl (C=O) groups excluding carboxylic acids is 1. The Hall–Kier alpha value is -0.770. The average Bonchev–Trinajstić information content (AvgIpc) is 3.07. The zero-order valence-electron chi connectivity index (χ0n) is 11.9. The summed E-state index contributed by atoms with van der Waals surface area (Å²) < 4.78 is 5.52. The molecule has 0 unspecified atom stereocenters. The van der Waals surface area contributed by atoms with Crippen LogP contribution >= 0.6 is 0 Å². The van der Waals surface area contributed by atoms with Crippen LogP contribution in [0, 0.1) is 5.41 Å². The molecule has 1 aliphatic heterocycles. The van der Waals surface area contributed by atoms with E-state index >= 15 is 0 Å². The highest BCUT2D eigenvalue weighted by Gasteiger charge is 2.52. The molecule has 18 heavy (non-hydrogen) atoms. The average molecular weight is 254 g/mol. The Kier molecular flexibility index (Phi) is 3.58. The van der Waals surface area contributed by atoms with Gasteiger partial charge in [-0.2, -0.15) is 0 Å². The number of rotatable bonds is 2. The van der Waals surface area contributed by atoms with Gasteiger partial charge in [0.15, 0.2) is 0 Å². The van der Waals surface area contributed by atoms with Gasteiger partial charge in [-0.3, -0.25) is 0 Å². The van der Waals surface area contributed by atoms with E-state index in [1.165, 1.54) is 6.42 Å². The van der Waals surface area contributed by atoms with Crippen LogP contribution in [-0.4, -0.2) is 35.7 Å². The van der Waals surface area contributed by atoms with E-state index in [1.807, 2.05) is 25.7 Å². The number of nitrogens with zero attached hydrogens (tertiary/aromatic N) is 1. The van der Waals surface area contributed by atoms with Crippen molar-refractivity contribution in [2.24, 2.45) is 11.1 Å². The molecule has 0 aromatic rings. The number of hydrogen-bond donors (Lipinski definition) is 1. The molecule has 2 fully saturated rings. The number of hydrogen-bond acceptors (Lipinski definition) is 3. The molecule has 104 valence electrons. The molecule has 0 aromatic carbocycles. The highest BCUT2D eigenvalue weighted by atomic mass is 16.6. The minimum atomic E-state index is -0.418. The summed E-state index contributed by atoms with van der Waals surface area (Å²) >= 11 is 0. The first-order chi connectivity index (χ1) is 8.38. The molecule has 0 spiro atoms. The molecule has 0 radical (unpaired) electrons. The minimum Gasteiger partial charge on any atom is -0.444 e. The van der Waals surface area contributed by atoms with Crippen LogP contribution in [0.2, 0.25) is 0 Å². The van der Waals surface area contributed by atoms with Crippen molar-refractivity contribution in [3.63, 3.8) is 0 Å². The molecule has 1 saturated heterocycles. The number of piperidine rings is 1. The molecule has 1 aliphatic carbocycles. The molecule has 1 atom stereocenters. The second kappa shape index (κ2) is 4.72. The van der Waals surface area contributed by atoms with Crippen LogP contribution in [-0.2, 0) is 4.74 Å². The third-order valence-corrected chi connectivity index (χ3v) is 4.14. The number of carbonyl (C=O) groups is 1. The van der Waals surface area contributed by atoms with Crippen LogP contribution in [0.25, 0.3) is 0 Å². The highest BCUT2D eigenvalue weighted by Crippen LogP contribution is 2.52. The Labute approximate surface area is 110 Å². The highest BCUT2D eigenvalue weighted by molar-refractivity contribution is 5.69. The topological polar surface area (TPSA) is 55.6 Å². The molecule has 1 amide bonds. The lowest BCUT2D eigenvalue weighted by atomic mass is 9.88. The van der Waals surface area contributed by atoms with Crippen LogP contribution in [0.4, 0.5) is 4.79 Å². The van der Waals surface area contributed by atoms with E-state index in [2.05, 4.69) is 0 Å². The Morgan fingerprint density at radius 1 is 1.39 bits per heavy atom. The fraction of sp³-hybridized carbons (Fsp3) is 0.929. The van der Waals surface area contributed by atoms with Crippen LogP contribution in [0.15, 0.2) is 0 Å². The largest absolute Gasteiger partial charge is 0.444 e. The van der Waals surface area contributed by atoms with Crippen molar-refractivity contribution in [1.29, 1.82) is 0 Å². The van der Waals surface area contributed by atoms with Gasteiger partial charge in [0.05, 0.1) is 0 Å². The van der Waals surface area contributed by atoms with Gasteiger partial charge in [-0.15, -0.1) is 0 Å². The summed E-state index contributed by atoms with van der Waals surface area (Å²) in [5.41, 5.74) is 5.68. The molecule has 4 heteroatoms. The molecule has 2 aliphatic rings. The molecule has 2 rings (SSSR count). The molecule has 0 aromatic heterocycles. The molecule has 2 N–H and O–H groups in total. The Morgan fingerprint density at radius 3 is 2.56 bits per heavy atom. The summed E-state index contributed by atoms with van der Waals surface area (Å²) in [6.45, 7) is 7.26. The number of likely N-dealkylation sites (tertiary alicyclic amines) is 1. The van der Waals surface area contributed by atoms with E-state index in [1.54, 1.807) is 0 Å². The third kappa shape index (κ3) is 2.79. The van der Waals surface area contributed by atoms with Crippen LogP contribution in [0.3, 0.4) is 0 Å². The van der Waals surface area contributed by atoms with Crippen LogP contribution < -0.4 is 5.73 Å². The van der Waals surface area contributed by atoms with Gasteiger partial charge in [-0.05, 0) is 59.4 Å². The number of nitrogens with two attached hydrogens (primary N) is 1. The molecule has 0 bridgehead atoms. The fourth-order valence-corrected chi connectivity index (χ4v) is 2.94. The van der Waals surface area contributed by atoms with Gasteiger partial charge < -0.3 is 15.4 Å². The van der Waals surface area contributed by atoms with E-state index in [0.29, 0.717) is 12.6 Å². The summed E-state index contributed by atoms with van der Waals surface area (Å²) in [5, 5.41) is 0. The first-order valence-electron chi connectivity index (χ1n) is 7.08. The van der Waals surface area contributed by atoms with E-state index in [4.69, 9.17) is 10.5 Å². The van der Waals surface area contributed by atoms with Crippen LogP contribution in [0.1, 0.15) is 52.9 Å². The van der Waals surface area contributed by atoms with Crippen molar-refractivity contribution in [2.45, 2.75) is 64.5 Å². The second-order valence-electron chi connectivity index (χ2n) is 6.75. The van der Waals surface area contributed by atoms with Gasteiger partial charge in [0.2, 0.25) is 0 Å². The van der Waals surface area contributed by atoms with Gasteiger partial charge in [-0.1, -0.05) is 0 Å². The first-order valence-corrected chi connectivity index (χ1v) is 7.08. The number of amides is 1. The standard InChI is InChI=1S/C14H26N2O2/c1-13(2,3)18-12(17)16-9-5-4-6-11(16)14(10-15)7-8-14/h11H,4-10,15H2,1-3H3/t11-/m0/s1. The van der Waals surface area contributed by atoms with Crippen molar-refractivity contribution >= 4 is 6.09 Å². The minimum absolute atomic E-state index is 0.160. The van der Waals surface area contributed by atoms with E-state index in [-0.39, 0.29) is 11.5 Å². The Bertz CT molecular complexity index is 318. The summed E-state index contributed by atoms with van der Waals surface area (Å²) in [6, 6.07) is 0.297. The SMILES string of the molecule is CC(C)(C)OC(=O)N1CCCC[C@H]1C1(CN)CC1. The summed E-state index contributed by atoms with van der Waals surface area (Å²) in [5.74, 6) is 0. The predicted octanol–water partition coefficient (Wildman–Crippen LogP) is 2.51. The van der Waals surface area contributed by atoms with E-state index in [0.717, 1.165) is 32.2 Å². The maximum atomic E-state index is 12.3. The maximum Gasteiger partial charge on any atom is 0.410 e. The predicted molar refractivity (Wildman–Crippen MR) is 71.3 cm³/mol. The molecule has 4 nitrogen and oxygen atoms in total. The van der Waals surface area contributed by atoms with E-state index in [9.17, 15) is 4.79 Å². The van der Waals surface area contributed by atoms with E-state index < -0.39 is 5.60 Å². The fourth-order valence-electron chi connectivity index (χ4n) is 2.94. The molecular formula is C14H26N2O2. The molecule has 1 heterocycles. The normalized spacial score (nSPS) is 26.9. The monoisotopic (exact) mass is 254 g/mol. The van der Waals surface area contributed by atoms with Crippen molar-refractivity contribution in [1.82, 2.24) is 4.90 Å². The van der Waals surface area contributed by atoms with Gasteiger partial charge in [0.25, 0.3) is 0 Å². The molecule has 1 saturated carbocycles. The van der Waals surface area contributed by atoms with Gasteiger partial charge >= 0.3 is 6.09 Å². The summed E-state index contributed by atoms with van der Waals surface area (Å²) in [7, 11) is 0. The molecular weight excluding hydrogens is 228 g/mol. The van der Waals surface area contributed by atoms with Crippen molar-refractivity contribution in [3.05, 3.63) is 0 Å². The van der Waals surface area contributed by atoms with Crippen molar-refractivity contribution in [2.75, 3.05) is 13.1 Å². The quantitative estimate of drug-likeness (QED) is 0.823. The third-order valence-electron chi connectivity index (χ3n) is 4.14. The zero-order chi connectivity index (χ0) is 13.4. The van der Waals surface area contributed by atoms with Crippen LogP contribution in [0.5, 0.6) is 0 Å². The first kappa shape index (κ1) is 13.7. The maximum absolute atomic E-state index is 12.3. The summed E-state index contributed by atoms with van der Waals surface area (Å²) in [4.78, 5) is 14.2. The summed E-state index contributed by atoms with van der Waals surface area (Å²) in [6.07, 6.45) is 5.52. The zero-order valence-corrected chi connectivity index (χ0v) is 11.9.